The Hall–Kier alpha value is -1.59. The van der Waals surface area contributed by atoms with E-state index in [4.69, 9.17) is 4.74 Å². The van der Waals surface area contributed by atoms with Crippen molar-refractivity contribution in [2.45, 2.75) is 25.4 Å². The fourth-order valence-electron chi connectivity index (χ4n) is 2.36. The summed E-state index contributed by atoms with van der Waals surface area (Å²) < 4.78 is 5.20. The topological polar surface area (TPSA) is 61.8 Å². The minimum absolute atomic E-state index is 0.119. The number of aliphatic hydroxyl groups excluding tert-OH is 1. The number of rotatable bonds is 3. The number of methoxy groups -OCH3 is 1. The number of nitrogens with zero attached hydrogens (tertiary/aromatic N) is 1. The fraction of sp³-hybridized carbons (Fsp3) is 0.500. The SMILES string of the molecule is COc1cccc(N2C(=O)C(CO)NCC2(C)C)c1. The molecule has 1 aromatic carbocycles. The molecule has 0 spiro atoms. The summed E-state index contributed by atoms with van der Waals surface area (Å²) in [5, 5.41) is 12.3. The van der Waals surface area contributed by atoms with E-state index in [0.29, 0.717) is 12.3 Å². The summed E-state index contributed by atoms with van der Waals surface area (Å²) in [6.45, 7) is 4.41. The number of anilines is 1. The van der Waals surface area contributed by atoms with Crippen LogP contribution < -0.4 is 15.0 Å². The maximum atomic E-state index is 12.4. The zero-order valence-electron chi connectivity index (χ0n) is 11.5. The second-order valence-electron chi connectivity index (χ2n) is 5.30. The van der Waals surface area contributed by atoms with E-state index in [1.165, 1.54) is 0 Å². The summed E-state index contributed by atoms with van der Waals surface area (Å²) in [4.78, 5) is 14.2. The molecule has 19 heavy (non-hydrogen) atoms. The Morgan fingerprint density at radius 3 is 2.89 bits per heavy atom. The maximum absolute atomic E-state index is 12.4. The lowest BCUT2D eigenvalue weighted by molar-refractivity contribution is -0.124. The predicted molar refractivity (Wildman–Crippen MR) is 73.4 cm³/mol. The van der Waals surface area contributed by atoms with Crippen LogP contribution in [0.25, 0.3) is 0 Å². The third-order valence-electron chi connectivity index (χ3n) is 3.40. The highest BCUT2D eigenvalue weighted by Crippen LogP contribution is 2.30. The second kappa shape index (κ2) is 5.19. The summed E-state index contributed by atoms with van der Waals surface area (Å²) in [6.07, 6.45) is 0. The van der Waals surface area contributed by atoms with Gasteiger partial charge >= 0.3 is 0 Å². The summed E-state index contributed by atoms with van der Waals surface area (Å²) in [7, 11) is 1.60. The molecule has 1 aromatic rings. The van der Waals surface area contributed by atoms with Crippen molar-refractivity contribution in [3.05, 3.63) is 24.3 Å². The largest absolute Gasteiger partial charge is 0.497 e. The predicted octanol–water partition coefficient (Wildman–Crippen LogP) is 0.771. The highest BCUT2D eigenvalue weighted by atomic mass is 16.5. The van der Waals surface area contributed by atoms with Crippen molar-refractivity contribution in [3.8, 4) is 5.75 Å². The van der Waals surface area contributed by atoms with E-state index < -0.39 is 6.04 Å². The van der Waals surface area contributed by atoms with E-state index in [0.717, 1.165) is 5.69 Å². The average molecular weight is 264 g/mol. The van der Waals surface area contributed by atoms with E-state index >= 15 is 0 Å². The Morgan fingerprint density at radius 2 is 2.26 bits per heavy atom. The Morgan fingerprint density at radius 1 is 1.53 bits per heavy atom. The minimum atomic E-state index is -0.542. The van der Waals surface area contributed by atoms with Crippen molar-refractivity contribution < 1.29 is 14.6 Å². The molecule has 104 valence electrons. The molecule has 0 aromatic heterocycles. The Kier molecular flexibility index (Phi) is 3.78. The third-order valence-corrected chi connectivity index (χ3v) is 3.40. The van der Waals surface area contributed by atoms with Gasteiger partial charge in [0, 0.05) is 18.3 Å². The number of benzene rings is 1. The molecule has 5 heteroatoms. The number of amides is 1. The molecule has 1 unspecified atom stereocenters. The van der Waals surface area contributed by atoms with Crippen LogP contribution in [0.4, 0.5) is 5.69 Å². The number of carbonyl (C=O) groups excluding carboxylic acids is 1. The fourth-order valence-corrected chi connectivity index (χ4v) is 2.36. The lowest BCUT2D eigenvalue weighted by Gasteiger charge is -2.45. The van der Waals surface area contributed by atoms with E-state index in [1.54, 1.807) is 12.0 Å². The van der Waals surface area contributed by atoms with Crippen LogP contribution in [0.15, 0.2) is 24.3 Å². The van der Waals surface area contributed by atoms with Crippen molar-refractivity contribution in [2.75, 3.05) is 25.2 Å². The van der Waals surface area contributed by atoms with Gasteiger partial charge in [-0.05, 0) is 26.0 Å². The van der Waals surface area contributed by atoms with E-state index in [-0.39, 0.29) is 18.1 Å². The molecule has 1 amide bonds. The summed E-state index contributed by atoms with van der Waals surface area (Å²) >= 11 is 0. The zero-order valence-corrected chi connectivity index (χ0v) is 11.5. The summed E-state index contributed by atoms with van der Waals surface area (Å²) in [5.74, 6) is 0.590. The molecular weight excluding hydrogens is 244 g/mol. The number of aliphatic hydroxyl groups is 1. The lowest BCUT2D eigenvalue weighted by atomic mass is 9.96. The van der Waals surface area contributed by atoms with Gasteiger partial charge in [0.1, 0.15) is 11.8 Å². The molecule has 0 aliphatic carbocycles. The standard InChI is InChI=1S/C14H20N2O3/c1-14(2)9-15-12(8-17)13(18)16(14)10-5-4-6-11(7-10)19-3/h4-7,12,15,17H,8-9H2,1-3H3. The van der Waals surface area contributed by atoms with Crippen LogP contribution in [0.1, 0.15) is 13.8 Å². The van der Waals surface area contributed by atoms with Gasteiger partial charge in [0.15, 0.2) is 0 Å². The van der Waals surface area contributed by atoms with Gasteiger partial charge in [-0.2, -0.15) is 0 Å². The molecule has 1 aliphatic rings. The Balaban J connectivity index is 2.39. The Bertz CT molecular complexity index is 474. The van der Waals surface area contributed by atoms with Gasteiger partial charge in [-0.1, -0.05) is 6.07 Å². The first-order chi connectivity index (χ1) is 8.99. The molecule has 2 N–H and O–H groups in total. The number of ether oxygens (including phenoxy) is 1. The molecule has 1 saturated heterocycles. The van der Waals surface area contributed by atoms with Crippen LogP contribution in [0.3, 0.4) is 0 Å². The normalized spacial score (nSPS) is 22.4. The van der Waals surface area contributed by atoms with Gasteiger partial charge in [0.2, 0.25) is 5.91 Å². The van der Waals surface area contributed by atoms with Gasteiger partial charge in [-0.25, -0.2) is 0 Å². The van der Waals surface area contributed by atoms with Crippen LogP contribution >= 0.6 is 0 Å². The molecule has 5 nitrogen and oxygen atoms in total. The van der Waals surface area contributed by atoms with Gasteiger partial charge in [0.05, 0.1) is 19.3 Å². The van der Waals surface area contributed by atoms with Gasteiger partial charge in [-0.3, -0.25) is 4.79 Å². The second-order valence-corrected chi connectivity index (χ2v) is 5.30. The summed E-state index contributed by atoms with van der Waals surface area (Å²) in [5.41, 5.74) is 0.434. The highest BCUT2D eigenvalue weighted by Gasteiger charge is 2.40. The van der Waals surface area contributed by atoms with E-state index in [2.05, 4.69) is 5.32 Å². The van der Waals surface area contributed by atoms with Crippen molar-refractivity contribution in [1.82, 2.24) is 5.32 Å². The number of piperazine rings is 1. The molecule has 1 fully saturated rings. The van der Waals surface area contributed by atoms with Crippen LogP contribution in [-0.2, 0) is 4.79 Å². The number of carbonyl (C=O) groups is 1. The van der Waals surface area contributed by atoms with Crippen LogP contribution in [0.5, 0.6) is 5.75 Å². The quantitative estimate of drug-likeness (QED) is 0.846. The Labute approximate surface area is 113 Å². The first-order valence-electron chi connectivity index (χ1n) is 6.32. The zero-order chi connectivity index (χ0) is 14.0. The minimum Gasteiger partial charge on any atom is -0.497 e. The van der Waals surface area contributed by atoms with Crippen molar-refractivity contribution in [3.63, 3.8) is 0 Å². The van der Waals surface area contributed by atoms with E-state index in [1.807, 2.05) is 38.1 Å². The average Bonchev–Trinajstić information content (AvgIpc) is 2.38. The molecule has 1 atom stereocenters. The third kappa shape index (κ3) is 2.57. The van der Waals surface area contributed by atoms with Crippen molar-refractivity contribution in [2.24, 2.45) is 0 Å². The number of hydrogen-bond donors (Lipinski definition) is 2. The van der Waals surface area contributed by atoms with E-state index in [9.17, 15) is 9.90 Å². The summed E-state index contributed by atoms with van der Waals surface area (Å²) in [6, 6.07) is 6.86. The van der Waals surface area contributed by atoms with Crippen molar-refractivity contribution >= 4 is 11.6 Å². The first kappa shape index (κ1) is 13.8. The molecule has 1 aliphatic heterocycles. The molecule has 2 rings (SSSR count). The monoisotopic (exact) mass is 264 g/mol. The van der Waals surface area contributed by atoms with Crippen LogP contribution in [-0.4, -0.2) is 42.9 Å². The van der Waals surface area contributed by atoms with Gasteiger partial charge < -0.3 is 20.1 Å². The smallest absolute Gasteiger partial charge is 0.247 e. The molecule has 0 saturated carbocycles. The van der Waals surface area contributed by atoms with Crippen molar-refractivity contribution in [1.29, 1.82) is 0 Å². The maximum Gasteiger partial charge on any atom is 0.247 e. The van der Waals surface area contributed by atoms with Crippen LogP contribution in [0.2, 0.25) is 0 Å². The molecule has 0 bridgehead atoms. The number of hydrogen-bond acceptors (Lipinski definition) is 4. The first-order valence-corrected chi connectivity index (χ1v) is 6.32. The highest BCUT2D eigenvalue weighted by molar-refractivity contribution is 5.99. The molecule has 0 radical (unpaired) electrons. The number of nitrogens with one attached hydrogen (secondary N) is 1. The lowest BCUT2D eigenvalue weighted by Crippen LogP contribution is -2.66. The van der Waals surface area contributed by atoms with Gasteiger partial charge in [0.25, 0.3) is 0 Å². The molecular formula is C14H20N2O3. The molecule has 1 heterocycles. The van der Waals surface area contributed by atoms with Gasteiger partial charge in [-0.15, -0.1) is 0 Å². The van der Waals surface area contributed by atoms with Crippen LogP contribution in [0, 0.1) is 0 Å².